The highest BCUT2D eigenvalue weighted by molar-refractivity contribution is 14.1. The van der Waals surface area contributed by atoms with Gasteiger partial charge in [-0.05, 0) is 46.4 Å². The molecule has 0 aliphatic heterocycles. The number of hydrogen-bond donors (Lipinski definition) is 1. The first-order chi connectivity index (χ1) is 9.02. The number of hydrogen-bond acceptors (Lipinski definition) is 2. The van der Waals surface area contributed by atoms with Gasteiger partial charge in [-0.25, -0.2) is 0 Å². The molecule has 0 fully saturated rings. The Bertz CT molecular complexity index is 585. The zero-order valence-corrected chi connectivity index (χ0v) is 13.7. The van der Waals surface area contributed by atoms with Crippen LogP contribution in [0.3, 0.4) is 0 Å². The van der Waals surface area contributed by atoms with Gasteiger partial charge in [-0.15, -0.1) is 0 Å². The maximum Gasteiger partial charge on any atom is 0.138 e. The van der Waals surface area contributed by atoms with Crippen molar-refractivity contribution in [2.45, 2.75) is 6.10 Å². The van der Waals surface area contributed by atoms with E-state index >= 15 is 0 Å². The van der Waals surface area contributed by atoms with E-state index in [2.05, 4.69) is 22.6 Å². The summed E-state index contributed by atoms with van der Waals surface area (Å²) in [5.41, 5.74) is 1.33. The van der Waals surface area contributed by atoms with E-state index in [0.29, 0.717) is 21.4 Å². The Morgan fingerprint density at radius 2 is 1.74 bits per heavy atom. The van der Waals surface area contributed by atoms with Crippen molar-refractivity contribution in [3.05, 3.63) is 61.1 Å². The monoisotopic (exact) mass is 408 g/mol. The molecule has 0 heterocycles. The SMILES string of the molecule is COc1cc(Cl)c(C(O)c2ccc(I)cc2)cc1Cl. The Hall–Kier alpha value is -0.490. The molecule has 1 atom stereocenters. The summed E-state index contributed by atoms with van der Waals surface area (Å²) in [5, 5.41) is 11.2. The molecule has 5 heteroatoms. The van der Waals surface area contributed by atoms with E-state index in [9.17, 15) is 5.11 Å². The Morgan fingerprint density at radius 3 is 2.32 bits per heavy atom. The van der Waals surface area contributed by atoms with Crippen LogP contribution in [0, 0.1) is 3.57 Å². The smallest absolute Gasteiger partial charge is 0.138 e. The van der Waals surface area contributed by atoms with Crippen molar-refractivity contribution in [3.63, 3.8) is 0 Å². The summed E-state index contributed by atoms with van der Waals surface area (Å²) >= 11 is 14.4. The minimum atomic E-state index is -0.812. The van der Waals surface area contributed by atoms with Crippen molar-refractivity contribution in [2.24, 2.45) is 0 Å². The van der Waals surface area contributed by atoms with E-state index in [1.165, 1.54) is 7.11 Å². The van der Waals surface area contributed by atoms with Crippen molar-refractivity contribution >= 4 is 45.8 Å². The lowest BCUT2D eigenvalue weighted by molar-refractivity contribution is 0.220. The Balaban J connectivity index is 2.41. The highest BCUT2D eigenvalue weighted by Crippen LogP contribution is 2.36. The molecule has 2 rings (SSSR count). The number of aliphatic hydroxyl groups is 1. The second-order valence-electron chi connectivity index (χ2n) is 3.96. The third-order valence-corrected chi connectivity index (χ3v) is 4.09. The van der Waals surface area contributed by atoms with Crippen LogP contribution in [-0.2, 0) is 0 Å². The average molecular weight is 409 g/mol. The molecule has 0 aliphatic rings. The Labute approximate surface area is 135 Å². The molecule has 1 unspecified atom stereocenters. The first-order valence-corrected chi connectivity index (χ1v) is 7.33. The van der Waals surface area contributed by atoms with Crippen molar-refractivity contribution in [1.29, 1.82) is 0 Å². The second kappa shape index (κ2) is 6.31. The van der Waals surface area contributed by atoms with E-state index < -0.39 is 6.10 Å². The van der Waals surface area contributed by atoms with Crippen LogP contribution in [0.4, 0.5) is 0 Å². The molecule has 2 aromatic carbocycles. The van der Waals surface area contributed by atoms with Crippen molar-refractivity contribution in [3.8, 4) is 5.75 Å². The predicted octanol–water partition coefficient (Wildman–Crippen LogP) is 4.69. The first kappa shape index (κ1) is 14.9. The summed E-state index contributed by atoms with van der Waals surface area (Å²) in [4.78, 5) is 0. The number of benzene rings is 2. The minimum absolute atomic E-state index is 0.423. The Morgan fingerprint density at radius 1 is 1.11 bits per heavy atom. The number of aliphatic hydroxyl groups excluding tert-OH is 1. The predicted molar refractivity (Wildman–Crippen MR) is 86.2 cm³/mol. The molecule has 1 N–H and O–H groups in total. The molecule has 0 amide bonds. The molecule has 0 aliphatic carbocycles. The lowest BCUT2D eigenvalue weighted by atomic mass is 10.0. The van der Waals surface area contributed by atoms with Crippen molar-refractivity contribution < 1.29 is 9.84 Å². The van der Waals surface area contributed by atoms with Gasteiger partial charge < -0.3 is 9.84 Å². The Kier molecular flexibility index (Phi) is 4.95. The number of ether oxygens (including phenoxy) is 1. The largest absolute Gasteiger partial charge is 0.495 e. The summed E-state index contributed by atoms with van der Waals surface area (Å²) in [6.45, 7) is 0. The quantitative estimate of drug-likeness (QED) is 0.746. The van der Waals surface area contributed by atoms with Gasteiger partial charge >= 0.3 is 0 Å². The molecule has 19 heavy (non-hydrogen) atoms. The number of rotatable bonds is 3. The fraction of sp³-hybridized carbons (Fsp3) is 0.143. The van der Waals surface area contributed by atoms with Gasteiger partial charge in [-0.2, -0.15) is 0 Å². The second-order valence-corrected chi connectivity index (χ2v) is 6.02. The molecule has 0 radical (unpaired) electrons. The van der Waals surface area contributed by atoms with Crippen LogP contribution in [-0.4, -0.2) is 12.2 Å². The number of halogens is 3. The van der Waals surface area contributed by atoms with Gasteiger partial charge in [0.2, 0.25) is 0 Å². The van der Waals surface area contributed by atoms with Crippen LogP contribution >= 0.6 is 45.8 Å². The molecular formula is C14H11Cl2IO2. The third kappa shape index (κ3) is 3.34. The lowest BCUT2D eigenvalue weighted by Crippen LogP contribution is -2.01. The molecule has 0 saturated heterocycles. The van der Waals surface area contributed by atoms with E-state index in [4.69, 9.17) is 27.9 Å². The average Bonchev–Trinajstić information content (AvgIpc) is 2.41. The maximum atomic E-state index is 10.4. The van der Waals surface area contributed by atoms with Crippen LogP contribution in [0.5, 0.6) is 5.75 Å². The van der Waals surface area contributed by atoms with Gasteiger partial charge in [0, 0.05) is 15.2 Å². The van der Waals surface area contributed by atoms with Gasteiger partial charge in [-0.1, -0.05) is 35.3 Å². The molecule has 0 spiro atoms. The number of methoxy groups -OCH3 is 1. The highest BCUT2D eigenvalue weighted by Gasteiger charge is 2.16. The molecule has 2 nitrogen and oxygen atoms in total. The van der Waals surface area contributed by atoms with Gasteiger partial charge in [0.05, 0.1) is 17.2 Å². The summed E-state index contributed by atoms with van der Waals surface area (Å²) in [6, 6.07) is 10.8. The van der Waals surface area contributed by atoms with Gasteiger partial charge in [0.15, 0.2) is 0 Å². The van der Waals surface area contributed by atoms with E-state index in [-0.39, 0.29) is 0 Å². The van der Waals surface area contributed by atoms with E-state index in [1.807, 2.05) is 24.3 Å². The molecule has 0 saturated carbocycles. The molecule has 0 aromatic heterocycles. The van der Waals surface area contributed by atoms with Gasteiger partial charge in [0.1, 0.15) is 11.9 Å². The highest BCUT2D eigenvalue weighted by atomic mass is 127. The van der Waals surface area contributed by atoms with Gasteiger partial charge in [-0.3, -0.25) is 0 Å². The minimum Gasteiger partial charge on any atom is -0.495 e. The van der Waals surface area contributed by atoms with E-state index in [1.54, 1.807) is 12.1 Å². The van der Waals surface area contributed by atoms with Crippen molar-refractivity contribution in [1.82, 2.24) is 0 Å². The fourth-order valence-corrected chi connectivity index (χ4v) is 2.60. The topological polar surface area (TPSA) is 29.5 Å². The molecular weight excluding hydrogens is 398 g/mol. The third-order valence-electron chi connectivity index (χ3n) is 2.75. The normalized spacial score (nSPS) is 12.3. The lowest BCUT2D eigenvalue weighted by Gasteiger charge is -2.15. The van der Waals surface area contributed by atoms with Crippen LogP contribution in [0.25, 0.3) is 0 Å². The summed E-state index contributed by atoms with van der Waals surface area (Å²) in [5.74, 6) is 0.491. The van der Waals surface area contributed by atoms with Crippen LogP contribution in [0.2, 0.25) is 10.0 Å². The van der Waals surface area contributed by atoms with Gasteiger partial charge in [0.25, 0.3) is 0 Å². The zero-order valence-electron chi connectivity index (χ0n) is 10.0. The molecule has 2 aromatic rings. The maximum absolute atomic E-state index is 10.4. The standard InChI is InChI=1S/C14H11Cl2IO2/c1-19-13-7-11(15)10(6-12(13)16)14(18)8-2-4-9(17)5-3-8/h2-7,14,18H,1H3. The van der Waals surface area contributed by atoms with Crippen LogP contribution in [0.1, 0.15) is 17.2 Å². The summed E-state index contributed by atoms with van der Waals surface area (Å²) < 4.78 is 6.19. The first-order valence-electron chi connectivity index (χ1n) is 5.49. The summed E-state index contributed by atoms with van der Waals surface area (Å²) in [6.07, 6.45) is -0.812. The fourth-order valence-electron chi connectivity index (χ4n) is 1.73. The van der Waals surface area contributed by atoms with Crippen LogP contribution < -0.4 is 4.74 Å². The van der Waals surface area contributed by atoms with E-state index in [0.717, 1.165) is 9.13 Å². The van der Waals surface area contributed by atoms with Crippen LogP contribution in [0.15, 0.2) is 36.4 Å². The van der Waals surface area contributed by atoms with Crippen molar-refractivity contribution in [2.75, 3.05) is 7.11 Å². The summed E-state index contributed by atoms with van der Waals surface area (Å²) in [7, 11) is 1.52. The zero-order chi connectivity index (χ0) is 14.0. The molecule has 100 valence electrons. The molecule has 0 bridgehead atoms.